The van der Waals surface area contributed by atoms with Crippen LogP contribution in [0.4, 0.5) is 4.79 Å². The number of hydrogen-bond acceptors (Lipinski definition) is 6. The first kappa shape index (κ1) is 25.9. The summed E-state index contributed by atoms with van der Waals surface area (Å²) in [6.45, 7) is 6.59. The topological polar surface area (TPSA) is 128 Å². The molecule has 1 aromatic heterocycles. The molecule has 0 saturated carbocycles. The van der Waals surface area contributed by atoms with Gasteiger partial charge in [0, 0.05) is 43.3 Å². The summed E-state index contributed by atoms with van der Waals surface area (Å²) in [6.07, 6.45) is 1.23. The Kier molecular flexibility index (Phi) is 8.23. The van der Waals surface area contributed by atoms with E-state index in [1.165, 1.54) is 11.9 Å². The fourth-order valence-electron chi connectivity index (χ4n) is 4.35. The van der Waals surface area contributed by atoms with Crippen LogP contribution in [-0.4, -0.2) is 56.6 Å². The van der Waals surface area contributed by atoms with E-state index in [4.69, 9.17) is 5.73 Å². The standard InChI is InChI=1S/C28H32N6O3/c1-19(2)34-25(17-33(28(34)37)16-24-26(35)27(36)32-18-31-24)23-11-9-21(10-12-23)4-3-20-5-7-22(8-6-20)15-30-14-13-29/h5-12,18-19,25,30,35H,13-17,29H2,1-2H3,(H,31,32,36). The summed E-state index contributed by atoms with van der Waals surface area (Å²) < 4.78 is 0. The maximum atomic E-state index is 13.2. The second-order valence-corrected chi connectivity index (χ2v) is 9.24. The van der Waals surface area contributed by atoms with Crippen LogP contribution in [-0.2, 0) is 13.1 Å². The van der Waals surface area contributed by atoms with Gasteiger partial charge in [-0.05, 0) is 49.2 Å². The van der Waals surface area contributed by atoms with E-state index in [0.717, 1.165) is 29.8 Å². The summed E-state index contributed by atoms with van der Waals surface area (Å²) in [5, 5.41) is 13.3. The summed E-state index contributed by atoms with van der Waals surface area (Å²) in [5.74, 6) is 5.94. The molecule has 192 valence electrons. The number of aromatic hydroxyl groups is 1. The molecule has 1 aliphatic rings. The molecule has 1 aliphatic heterocycles. The van der Waals surface area contributed by atoms with Crippen molar-refractivity contribution in [3.63, 3.8) is 0 Å². The van der Waals surface area contributed by atoms with Crippen molar-refractivity contribution < 1.29 is 9.90 Å². The first-order chi connectivity index (χ1) is 17.9. The van der Waals surface area contributed by atoms with Crippen molar-refractivity contribution in [2.45, 2.75) is 39.0 Å². The molecule has 1 saturated heterocycles. The van der Waals surface area contributed by atoms with Crippen LogP contribution >= 0.6 is 0 Å². The van der Waals surface area contributed by atoms with Gasteiger partial charge in [-0.1, -0.05) is 36.1 Å². The van der Waals surface area contributed by atoms with Crippen molar-refractivity contribution in [3.8, 4) is 17.6 Å². The fourth-order valence-corrected chi connectivity index (χ4v) is 4.35. The lowest BCUT2D eigenvalue weighted by Crippen LogP contribution is -2.37. The minimum atomic E-state index is -0.624. The number of H-pyrrole nitrogens is 1. The van der Waals surface area contributed by atoms with Gasteiger partial charge in [-0.15, -0.1) is 0 Å². The molecule has 2 amide bonds. The Morgan fingerprint density at radius 3 is 2.38 bits per heavy atom. The highest BCUT2D eigenvalue weighted by atomic mass is 16.3. The summed E-state index contributed by atoms with van der Waals surface area (Å²) in [6, 6.07) is 15.7. The summed E-state index contributed by atoms with van der Waals surface area (Å²) in [5.41, 5.74) is 9.05. The minimum absolute atomic E-state index is 0.0313. The molecule has 37 heavy (non-hydrogen) atoms. The van der Waals surface area contributed by atoms with Crippen molar-refractivity contribution >= 4 is 6.03 Å². The number of aromatic nitrogens is 2. The monoisotopic (exact) mass is 500 g/mol. The molecule has 0 aliphatic carbocycles. The summed E-state index contributed by atoms with van der Waals surface area (Å²) in [7, 11) is 0. The van der Waals surface area contributed by atoms with Gasteiger partial charge >= 0.3 is 6.03 Å². The lowest BCUT2D eigenvalue weighted by Gasteiger charge is -2.27. The van der Waals surface area contributed by atoms with Crippen molar-refractivity contribution in [2.24, 2.45) is 5.73 Å². The van der Waals surface area contributed by atoms with E-state index in [0.29, 0.717) is 13.1 Å². The zero-order valence-electron chi connectivity index (χ0n) is 21.1. The number of nitrogens with zero attached hydrogens (tertiary/aromatic N) is 3. The van der Waals surface area contributed by atoms with Crippen LogP contribution < -0.4 is 16.6 Å². The number of nitrogens with one attached hydrogen (secondary N) is 2. The Morgan fingerprint density at radius 1 is 1.11 bits per heavy atom. The third kappa shape index (κ3) is 6.17. The zero-order valence-corrected chi connectivity index (χ0v) is 21.1. The molecular weight excluding hydrogens is 468 g/mol. The number of nitrogens with two attached hydrogens (primary N) is 1. The molecule has 4 rings (SSSR count). The number of aromatic amines is 1. The highest BCUT2D eigenvalue weighted by Gasteiger charge is 2.39. The Morgan fingerprint density at radius 2 is 1.76 bits per heavy atom. The number of rotatable bonds is 8. The second kappa shape index (κ2) is 11.7. The van der Waals surface area contributed by atoms with Gasteiger partial charge in [0.25, 0.3) is 5.56 Å². The molecule has 0 radical (unpaired) electrons. The predicted octanol–water partition coefficient (Wildman–Crippen LogP) is 2.31. The molecular formula is C28H32N6O3. The molecule has 2 aromatic carbocycles. The van der Waals surface area contributed by atoms with Crippen LogP contribution in [0.3, 0.4) is 0 Å². The van der Waals surface area contributed by atoms with E-state index >= 15 is 0 Å². The van der Waals surface area contributed by atoms with E-state index in [1.807, 2.05) is 55.1 Å². The van der Waals surface area contributed by atoms with Gasteiger partial charge in [0.1, 0.15) is 5.69 Å². The lowest BCUT2D eigenvalue weighted by molar-refractivity contribution is 0.171. The van der Waals surface area contributed by atoms with E-state index in [1.54, 1.807) is 4.90 Å². The predicted molar refractivity (Wildman–Crippen MR) is 142 cm³/mol. The highest BCUT2D eigenvalue weighted by molar-refractivity contribution is 5.78. The number of hydrogen-bond donors (Lipinski definition) is 4. The van der Waals surface area contributed by atoms with E-state index in [9.17, 15) is 14.7 Å². The maximum absolute atomic E-state index is 13.2. The SMILES string of the molecule is CC(C)N1C(=O)N(Cc2nc[nH]c(=O)c2O)CC1c1ccc(C#Cc2ccc(CNCCN)cc2)cc1. The summed E-state index contributed by atoms with van der Waals surface area (Å²) >= 11 is 0. The molecule has 5 N–H and O–H groups in total. The van der Waals surface area contributed by atoms with Crippen molar-refractivity contribution in [1.29, 1.82) is 0 Å². The van der Waals surface area contributed by atoms with Crippen LogP contribution in [0.25, 0.3) is 0 Å². The molecule has 1 atom stereocenters. The lowest BCUT2D eigenvalue weighted by atomic mass is 10.0. The third-order valence-electron chi connectivity index (χ3n) is 6.27. The van der Waals surface area contributed by atoms with Crippen molar-refractivity contribution in [3.05, 3.63) is 93.2 Å². The van der Waals surface area contributed by atoms with Crippen molar-refractivity contribution in [1.82, 2.24) is 25.1 Å². The van der Waals surface area contributed by atoms with Crippen LogP contribution in [0.15, 0.2) is 59.7 Å². The van der Waals surface area contributed by atoms with Gasteiger partial charge in [0.15, 0.2) is 0 Å². The number of amides is 2. The van der Waals surface area contributed by atoms with Gasteiger partial charge in [-0.25, -0.2) is 9.78 Å². The fraction of sp³-hybridized carbons (Fsp3) is 0.321. The molecule has 1 unspecified atom stereocenters. The number of carbonyl (C=O) groups excluding carboxylic acids is 1. The van der Waals surface area contributed by atoms with E-state index in [2.05, 4.69) is 39.3 Å². The normalized spacial score (nSPS) is 15.2. The highest BCUT2D eigenvalue weighted by Crippen LogP contribution is 2.33. The van der Waals surface area contributed by atoms with Gasteiger partial charge in [-0.3, -0.25) is 4.79 Å². The smallest absolute Gasteiger partial charge is 0.321 e. The second-order valence-electron chi connectivity index (χ2n) is 9.24. The number of urea groups is 1. The van der Waals surface area contributed by atoms with Gasteiger partial charge < -0.3 is 30.9 Å². The molecule has 3 aromatic rings. The molecule has 2 heterocycles. The van der Waals surface area contributed by atoms with Crippen molar-refractivity contribution in [2.75, 3.05) is 19.6 Å². The molecule has 9 heteroatoms. The zero-order chi connectivity index (χ0) is 26.4. The Balaban J connectivity index is 1.46. The number of benzene rings is 2. The Labute approximate surface area is 216 Å². The minimum Gasteiger partial charge on any atom is -0.502 e. The molecule has 9 nitrogen and oxygen atoms in total. The van der Waals surface area contributed by atoms with Crippen LogP contribution in [0.5, 0.6) is 5.75 Å². The number of carbonyl (C=O) groups is 1. The first-order valence-corrected chi connectivity index (χ1v) is 12.3. The van der Waals surface area contributed by atoms with Gasteiger partial charge in [-0.2, -0.15) is 0 Å². The molecule has 1 fully saturated rings. The quantitative estimate of drug-likeness (QED) is 0.278. The van der Waals surface area contributed by atoms with Crippen LogP contribution in [0.1, 0.15) is 47.8 Å². The largest absolute Gasteiger partial charge is 0.502 e. The third-order valence-corrected chi connectivity index (χ3v) is 6.27. The van der Waals surface area contributed by atoms with Gasteiger partial charge in [0.05, 0.1) is 18.9 Å². The maximum Gasteiger partial charge on any atom is 0.321 e. The first-order valence-electron chi connectivity index (χ1n) is 12.3. The Hall–Kier alpha value is -4.13. The average molecular weight is 501 g/mol. The average Bonchev–Trinajstić information content (AvgIpc) is 3.22. The van der Waals surface area contributed by atoms with Crippen LogP contribution in [0.2, 0.25) is 0 Å². The summed E-state index contributed by atoms with van der Waals surface area (Å²) in [4.78, 5) is 34.7. The van der Waals surface area contributed by atoms with Crippen LogP contribution in [0, 0.1) is 11.8 Å². The van der Waals surface area contributed by atoms with Gasteiger partial charge in [0.2, 0.25) is 5.75 Å². The van der Waals surface area contributed by atoms with E-state index in [-0.39, 0.29) is 30.4 Å². The molecule has 0 bridgehead atoms. The Bertz CT molecular complexity index is 1340. The van der Waals surface area contributed by atoms with E-state index < -0.39 is 11.3 Å². The molecule has 0 spiro atoms.